The molecular weight excluding hydrogens is 359 g/mol. The van der Waals surface area contributed by atoms with Gasteiger partial charge in [0.05, 0.1) is 12.0 Å². The molecule has 0 amide bonds. The molecule has 0 heterocycles. The topological polar surface area (TPSA) is 34.1 Å². The van der Waals surface area contributed by atoms with E-state index in [-0.39, 0.29) is 24.2 Å². The molecule has 2 aromatic carbocycles. The molecule has 0 bridgehead atoms. The van der Waals surface area contributed by atoms with Gasteiger partial charge in [0.15, 0.2) is 5.78 Å². The second kappa shape index (κ2) is 6.75. The van der Waals surface area contributed by atoms with Gasteiger partial charge in [-0.2, -0.15) is 0 Å². The molecule has 118 valence electrons. The van der Waals surface area contributed by atoms with Crippen LogP contribution in [0.1, 0.15) is 46.7 Å². The number of benzene rings is 2. The van der Waals surface area contributed by atoms with E-state index in [2.05, 4.69) is 15.9 Å². The minimum absolute atomic E-state index is 0.00915. The van der Waals surface area contributed by atoms with Crippen LogP contribution in [0.3, 0.4) is 0 Å². The van der Waals surface area contributed by atoms with E-state index in [4.69, 9.17) is 0 Å². The van der Waals surface area contributed by atoms with E-state index in [1.807, 2.05) is 24.3 Å². The Morgan fingerprint density at radius 1 is 1.13 bits per heavy atom. The van der Waals surface area contributed by atoms with Crippen molar-refractivity contribution >= 4 is 27.5 Å². The largest absolute Gasteiger partial charge is 0.299 e. The van der Waals surface area contributed by atoms with Crippen molar-refractivity contribution in [1.29, 1.82) is 0 Å². The van der Waals surface area contributed by atoms with Gasteiger partial charge in [-0.3, -0.25) is 9.59 Å². The molecule has 0 unspecified atom stereocenters. The first-order chi connectivity index (χ1) is 11.0. The summed E-state index contributed by atoms with van der Waals surface area (Å²) in [7, 11) is 0. The first-order valence-corrected chi connectivity index (χ1v) is 8.41. The Morgan fingerprint density at radius 3 is 2.52 bits per heavy atom. The first kappa shape index (κ1) is 16.1. The van der Waals surface area contributed by atoms with E-state index in [1.165, 1.54) is 12.1 Å². The maximum atomic E-state index is 14.1. The predicted molar refractivity (Wildman–Crippen MR) is 90.2 cm³/mol. The van der Waals surface area contributed by atoms with E-state index < -0.39 is 11.6 Å². The third-order valence-electron chi connectivity index (χ3n) is 4.05. The summed E-state index contributed by atoms with van der Waals surface area (Å²) in [4.78, 5) is 24.3. The molecule has 1 fully saturated rings. The molecule has 0 atom stereocenters. The molecule has 1 aliphatic rings. The molecule has 0 N–H and O–H groups in total. The van der Waals surface area contributed by atoms with E-state index in [0.29, 0.717) is 5.92 Å². The number of hydrogen-bond donors (Lipinski definition) is 0. The zero-order chi connectivity index (χ0) is 16.4. The molecule has 0 radical (unpaired) electrons. The van der Waals surface area contributed by atoms with Gasteiger partial charge in [-0.05, 0) is 48.1 Å². The normalized spacial score (nSPS) is 13.8. The Morgan fingerprint density at radius 2 is 1.87 bits per heavy atom. The third-order valence-corrected chi connectivity index (χ3v) is 4.82. The van der Waals surface area contributed by atoms with Crippen molar-refractivity contribution in [1.82, 2.24) is 0 Å². The molecule has 23 heavy (non-hydrogen) atoms. The van der Waals surface area contributed by atoms with E-state index >= 15 is 0 Å². The quantitative estimate of drug-likeness (QED) is 0.534. The lowest BCUT2D eigenvalue weighted by Gasteiger charge is -2.06. The molecule has 0 aliphatic heterocycles. The Hall–Kier alpha value is -1.81. The van der Waals surface area contributed by atoms with Crippen LogP contribution in [0.5, 0.6) is 0 Å². The number of carbonyl (C=O) groups is 2. The number of rotatable bonds is 6. The minimum atomic E-state index is -0.520. The average molecular weight is 375 g/mol. The average Bonchev–Trinajstić information content (AvgIpc) is 3.34. The highest BCUT2D eigenvalue weighted by Crippen LogP contribution is 2.40. The van der Waals surface area contributed by atoms with Crippen LogP contribution in [0.2, 0.25) is 0 Å². The van der Waals surface area contributed by atoms with Crippen molar-refractivity contribution < 1.29 is 14.0 Å². The monoisotopic (exact) mass is 374 g/mol. The number of halogens is 2. The van der Waals surface area contributed by atoms with Crippen molar-refractivity contribution in [2.75, 3.05) is 0 Å². The van der Waals surface area contributed by atoms with Crippen LogP contribution in [0.25, 0.3) is 0 Å². The summed E-state index contributed by atoms with van der Waals surface area (Å²) >= 11 is 3.38. The van der Waals surface area contributed by atoms with Crippen LogP contribution in [0.4, 0.5) is 4.39 Å². The molecule has 4 heteroatoms. The molecule has 3 rings (SSSR count). The van der Waals surface area contributed by atoms with Crippen molar-refractivity contribution in [3.05, 3.63) is 69.4 Å². The fourth-order valence-corrected chi connectivity index (χ4v) is 3.04. The van der Waals surface area contributed by atoms with Gasteiger partial charge in [0.25, 0.3) is 0 Å². The summed E-state index contributed by atoms with van der Waals surface area (Å²) in [5.74, 6) is -0.756. The second-order valence-corrected chi connectivity index (χ2v) is 6.77. The standard InChI is InChI=1S/C19H16BrFO2/c20-17-4-2-1-3-14(17)9-15(22)11-19(23)16-8-7-13(10-18(16)21)12-5-6-12/h1-4,7-8,10,12H,5-6,9,11H2. The Bertz CT molecular complexity index is 766. The van der Waals surface area contributed by atoms with Crippen molar-refractivity contribution in [2.24, 2.45) is 0 Å². The molecule has 2 nitrogen and oxygen atoms in total. The lowest BCUT2D eigenvalue weighted by molar-refractivity contribution is -0.117. The molecule has 0 spiro atoms. The zero-order valence-electron chi connectivity index (χ0n) is 12.5. The third kappa shape index (κ3) is 3.94. The molecule has 2 aromatic rings. The molecular formula is C19H16BrFO2. The Balaban J connectivity index is 1.66. The van der Waals surface area contributed by atoms with Gasteiger partial charge in [-0.15, -0.1) is 0 Å². The van der Waals surface area contributed by atoms with Gasteiger partial charge in [-0.1, -0.05) is 40.2 Å². The molecule has 1 aliphatic carbocycles. The van der Waals surface area contributed by atoms with E-state index in [1.54, 1.807) is 6.07 Å². The van der Waals surface area contributed by atoms with Crippen LogP contribution in [0.15, 0.2) is 46.9 Å². The highest BCUT2D eigenvalue weighted by atomic mass is 79.9. The number of hydrogen-bond acceptors (Lipinski definition) is 2. The van der Waals surface area contributed by atoms with Gasteiger partial charge in [0.2, 0.25) is 0 Å². The summed E-state index contributed by atoms with van der Waals surface area (Å²) < 4.78 is 14.9. The van der Waals surface area contributed by atoms with Crippen molar-refractivity contribution in [2.45, 2.75) is 31.6 Å². The van der Waals surface area contributed by atoms with Gasteiger partial charge in [-0.25, -0.2) is 4.39 Å². The van der Waals surface area contributed by atoms with E-state index in [0.717, 1.165) is 28.4 Å². The fourth-order valence-electron chi connectivity index (χ4n) is 2.62. The van der Waals surface area contributed by atoms with Crippen LogP contribution in [-0.4, -0.2) is 11.6 Å². The van der Waals surface area contributed by atoms with Gasteiger partial charge < -0.3 is 0 Å². The molecule has 0 aromatic heterocycles. The Kier molecular flexibility index (Phi) is 4.71. The van der Waals surface area contributed by atoms with Crippen LogP contribution >= 0.6 is 15.9 Å². The highest BCUT2D eigenvalue weighted by molar-refractivity contribution is 9.10. The molecule has 0 saturated heterocycles. The van der Waals surface area contributed by atoms with Crippen LogP contribution in [0, 0.1) is 5.82 Å². The zero-order valence-corrected chi connectivity index (χ0v) is 14.1. The number of Topliss-reactive ketones (excluding diaryl/α,β-unsaturated/α-hetero) is 2. The predicted octanol–water partition coefficient (Wildman–Crippen LogP) is 4.85. The lowest BCUT2D eigenvalue weighted by atomic mass is 9.99. The summed E-state index contributed by atoms with van der Waals surface area (Å²) in [6.07, 6.45) is 2.05. The van der Waals surface area contributed by atoms with Gasteiger partial charge in [0.1, 0.15) is 11.6 Å². The molecule has 1 saturated carbocycles. The number of carbonyl (C=O) groups excluding carboxylic acids is 2. The smallest absolute Gasteiger partial charge is 0.173 e. The van der Waals surface area contributed by atoms with Crippen molar-refractivity contribution in [3.63, 3.8) is 0 Å². The Labute approximate surface area is 142 Å². The fraction of sp³-hybridized carbons (Fsp3) is 0.263. The van der Waals surface area contributed by atoms with Gasteiger partial charge >= 0.3 is 0 Å². The van der Waals surface area contributed by atoms with E-state index in [9.17, 15) is 14.0 Å². The van der Waals surface area contributed by atoms with Crippen molar-refractivity contribution in [3.8, 4) is 0 Å². The summed E-state index contributed by atoms with van der Waals surface area (Å²) in [5.41, 5.74) is 1.78. The summed E-state index contributed by atoms with van der Waals surface area (Å²) in [5, 5.41) is 0. The lowest BCUT2D eigenvalue weighted by Crippen LogP contribution is -2.12. The number of ketones is 2. The van der Waals surface area contributed by atoms with Crippen LogP contribution < -0.4 is 0 Å². The first-order valence-electron chi connectivity index (χ1n) is 7.62. The van der Waals surface area contributed by atoms with Crippen LogP contribution in [-0.2, 0) is 11.2 Å². The maximum absolute atomic E-state index is 14.1. The SMILES string of the molecule is O=C(CC(=O)c1ccc(C2CC2)cc1F)Cc1ccccc1Br. The summed E-state index contributed by atoms with van der Waals surface area (Å²) in [6, 6.07) is 12.1. The second-order valence-electron chi connectivity index (χ2n) is 5.92. The summed E-state index contributed by atoms with van der Waals surface area (Å²) in [6.45, 7) is 0. The highest BCUT2D eigenvalue weighted by Gasteiger charge is 2.25. The van der Waals surface area contributed by atoms with Gasteiger partial charge in [0, 0.05) is 10.9 Å². The minimum Gasteiger partial charge on any atom is -0.299 e. The maximum Gasteiger partial charge on any atom is 0.173 e.